The van der Waals surface area contributed by atoms with Gasteiger partial charge in [0.15, 0.2) is 0 Å². The van der Waals surface area contributed by atoms with E-state index in [1.54, 1.807) is 11.0 Å². The van der Waals surface area contributed by atoms with E-state index in [0.717, 1.165) is 28.6 Å². The van der Waals surface area contributed by atoms with Crippen LogP contribution in [0.4, 0.5) is 19.0 Å². The molecule has 3 heterocycles. The van der Waals surface area contributed by atoms with Gasteiger partial charge in [0.25, 0.3) is 5.91 Å². The molecule has 1 saturated heterocycles. The molecule has 1 amide bonds. The number of nitrogens with zero attached hydrogens (tertiary/aromatic N) is 4. The number of pyridine rings is 1. The van der Waals surface area contributed by atoms with Gasteiger partial charge in [0.2, 0.25) is 0 Å². The number of thioether (sulfide) groups is 1. The molecule has 3 aromatic rings. The Balaban J connectivity index is 1.38. The lowest BCUT2D eigenvalue weighted by Crippen LogP contribution is -2.49. The van der Waals surface area contributed by atoms with E-state index in [9.17, 15) is 18.0 Å². The summed E-state index contributed by atoms with van der Waals surface area (Å²) in [6, 6.07) is 11.7. The molecule has 2 aromatic heterocycles. The summed E-state index contributed by atoms with van der Waals surface area (Å²) in [6.07, 6.45) is -3.56. The monoisotopic (exact) mass is 462 g/mol. The van der Waals surface area contributed by atoms with Crippen molar-refractivity contribution in [1.29, 1.82) is 0 Å². The third kappa shape index (κ3) is 5.07. The van der Waals surface area contributed by atoms with E-state index in [0.29, 0.717) is 43.3 Å². The van der Waals surface area contributed by atoms with E-state index < -0.39 is 11.7 Å². The number of anilines is 1. The third-order valence-corrected chi connectivity index (χ3v) is 6.23. The van der Waals surface area contributed by atoms with Crippen molar-refractivity contribution in [3.8, 4) is 0 Å². The first-order valence-electron chi connectivity index (χ1n) is 10.0. The Morgan fingerprint density at radius 1 is 1.12 bits per heavy atom. The summed E-state index contributed by atoms with van der Waals surface area (Å²) >= 11 is 1.51. The van der Waals surface area contributed by atoms with Crippen LogP contribution >= 0.6 is 11.8 Å². The summed E-state index contributed by atoms with van der Waals surface area (Å²) in [7, 11) is 0. The molecule has 0 spiro atoms. The Hall–Kier alpha value is -3.01. The van der Waals surface area contributed by atoms with Crippen LogP contribution in [0.3, 0.4) is 0 Å². The number of carbonyl (C=O) groups excluding carboxylic acids is 1. The van der Waals surface area contributed by atoms with Gasteiger partial charge in [0, 0.05) is 43.3 Å². The van der Waals surface area contributed by atoms with Crippen molar-refractivity contribution < 1.29 is 22.5 Å². The van der Waals surface area contributed by atoms with Crippen molar-refractivity contribution in [2.45, 2.75) is 23.7 Å². The highest BCUT2D eigenvalue weighted by atomic mass is 32.2. The van der Waals surface area contributed by atoms with Gasteiger partial charge in [-0.05, 0) is 31.2 Å². The van der Waals surface area contributed by atoms with Gasteiger partial charge in [-0.15, -0.1) is 11.8 Å². The lowest BCUT2D eigenvalue weighted by molar-refractivity contribution is -0.137. The predicted molar refractivity (Wildman–Crippen MR) is 115 cm³/mol. The lowest BCUT2D eigenvalue weighted by Gasteiger charge is -2.35. The number of benzene rings is 1. The first-order chi connectivity index (χ1) is 15.3. The first-order valence-corrected chi connectivity index (χ1v) is 11.0. The Bertz CT molecular complexity index is 1080. The molecule has 4 rings (SSSR count). The average molecular weight is 462 g/mol. The van der Waals surface area contributed by atoms with Gasteiger partial charge in [-0.2, -0.15) is 13.2 Å². The average Bonchev–Trinajstić information content (AvgIpc) is 3.22. The Morgan fingerprint density at radius 2 is 1.88 bits per heavy atom. The Morgan fingerprint density at radius 3 is 2.50 bits per heavy atom. The first kappa shape index (κ1) is 22.2. The minimum Gasteiger partial charge on any atom is -0.360 e. The number of piperazine rings is 1. The standard InChI is InChI=1S/C22H21F3N4O2S/c1-15-12-17(31-27-15)14-32-19-5-3-2-4-18(19)21(30)29-10-8-28(9-11-29)20-7-6-16(13-26-20)22(23,24)25/h2-7,12-13H,8-11,14H2,1H3. The molecule has 0 N–H and O–H groups in total. The minimum absolute atomic E-state index is 0.0677. The van der Waals surface area contributed by atoms with Gasteiger partial charge >= 0.3 is 6.18 Å². The molecular formula is C22H21F3N4O2S. The number of halogens is 3. The SMILES string of the molecule is Cc1cc(CSc2ccccc2C(=O)N2CCN(c3ccc(C(F)(F)F)cn3)CC2)on1. The van der Waals surface area contributed by atoms with Gasteiger partial charge in [-0.3, -0.25) is 4.79 Å². The van der Waals surface area contributed by atoms with Crippen molar-refractivity contribution in [3.05, 3.63) is 71.2 Å². The van der Waals surface area contributed by atoms with Crippen molar-refractivity contribution in [2.24, 2.45) is 0 Å². The molecule has 0 atom stereocenters. The van der Waals surface area contributed by atoms with E-state index in [1.165, 1.54) is 17.8 Å². The molecule has 10 heteroatoms. The van der Waals surface area contributed by atoms with Crippen LogP contribution in [0.15, 0.2) is 58.1 Å². The van der Waals surface area contributed by atoms with Crippen LogP contribution in [0.5, 0.6) is 0 Å². The van der Waals surface area contributed by atoms with Crippen LogP contribution in [-0.2, 0) is 11.9 Å². The number of aromatic nitrogens is 2. The van der Waals surface area contributed by atoms with Gasteiger partial charge in [-0.25, -0.2) is 4.98 Å². The smallest absolute Gasteiger partial charge is 0.360 e. The van der Waals surface area contributed by atoms with Crippen LogP contribution in [0, 0.1) is 6.92 Å². The van der Waals surface area contributed by atoms with E-state index in [-0.39, 0.29) is 5.91 Å². The molecular weight excluding hydrogens is 441 g/mol. The number of hydrogen-bond donors (Lipinski definition) is 0. The molecule has 0 aliphatic carbocycles. The van der Waals surface area contributed by atoms with Crippen molar-refractivity contribution in [2.75, 3.05) is 31.1 Å². The Kier molecular flexibility index (Phi) is 6.40. The maximum absolute atomic E-state index is 13.2. The van der Waals surface area contributed by atoms with E-state index in [2.05, 4.69) is 10.1 Å². The summed E-state index contributed by atoms with van der Waals surface area (Å²) in [5, 5.41) is 3.88. The van der Waals surface area contributed by atoms with Crippen LogP contribution in [0.2, 0.25) is 0 Å². The number of hydrogen-bond acceptors (Lipinski definition) is 6. The zero-order chi connectivity index (χ0) is 22.7. The fourth-order valence-electron chi connectivity index (χ4n) is 3.45. The second-order valence-corrected chi connectivity index (χ2v) is 8.42. The zero-order valence-corrected chi connectivity index (χ0v) is 18.1. The second-order valence-electron chi connectivity index (χ2n) is 7.40. The fourth-order valence-corrected chi connectivity index (χ4v) is 4.37. The molecule has 6 nitrogen and oxygen atoms in total. The van der Waals surface area contributed by atoms with Crippen LogP contribution in [0.25, 0.3) is 0 Å². The summed E-state index contributed by atoms with van der Waals surface area (Å²) in [4.78, 5) is 21.6. The summed E-state index contributed by atoms with van der Waals surface area (Å²) in [5.74, 6) is 1.72. The Labute approximate surface area is 187 Å². The highest BCUT2D eigenvalue weighted by Gasteiger charge is 2.31. The molecule has 1 fully saturated rings. The van der Waals surface area contributed by atoms with Crippen molar-refractivity contribution >= 4 is 23.5 Å². The zero-order valence-electron chi connectivity index (χ0n) is 17.3. The quantitative estimate of drug-likeness (QED) is 0.515. The number of alkyl halides is 3. The molecule has 0 unspecified atom stereocenters. The molecule has 1 aromatic carbocycles. The van der Waals surface area contributed by atoms with Crippen molar-refractivity contribution in [1.82, 2.24) is 15.0 Å². The number of aryl methyl sites for hydroxylation is 1. The topological polar surface area (TPSA) is 62.5 Å². The molecule has 0 radical (unpaired) electrons. The molecule has 168 valence electrons. The summed E-state index contributed by atoms with van der Waals surface area (Å²) in [6.45, 7) is 3.77. The van der Waals surface area contributed by atoms with E-state index >= 15 is 0 Å². The van der Waals surface area contributed by atoms with Gasteiger partial charge in [0.1, 0.15) is 11.6 Å². The van der Waals surface area contributed by atoms with E-state index in [4.69, 9.17) is 4.52 Å². The highest BCUT2D eigenvalue weighted by Crippen LogP contribution is 2.30. The predicted octanol–water partition coefficient (Wildman–Crippen LogP) is 4.65. The lowest BCUT2D eigenvalue weighted by atomic mass is 10.1. The highest BCUT2D eigenvalue weighted by molar-refractivity contribution is 7.98. The summed E-state index contributed by atoms with van der Waals surface area (Å²) in [5.41, 5.74) is 0.657. The van der Waals surface area contributed by atoms with Crippen LogP contribution in [-0.4, -0.2) is 47.1 Å². The normalized spacial score (nSPS) is 14.6. The van der Waals surface area contributed by atoms with Gasteiger partial charge in [0.05, 0.1) is 22.6 Å². The fraction of sp³-hybridized carbons (Fsp3) is 0.318. The minimum atomic E-state index is -4.41. The molecule has 0 saturated carbocycles. The van der Waals surface area contributed by atoms with Gasteiger partial charge < -0.3 is 14.3 Å². The third-order valence-electron chi connectivity index (χ3n) is 5.13. The number of amides is 1. The molecule has 1 aliphatic rings. The van der Waals surface area contributed by atoms with Gasteiger partial charge in [-0.1, -0.05) is 17.3 Å². The molecule has 0 bridgehead atoms. The number of rotatable bonds is 5. The number of carbonyl (C=O) groups is 1. The van der Waals surface area contributed by atoms with Crippen LogP contribution in [0.1, 0.15) is 27.4 Å². The summed E-state index contributed by atoms with van der Waals surface area (Å²) < 4.78 is 43.5. The largest absolute Gasteiger partial charge is 0.417 e. The van der Waals surface area contributed by atoms with E-state index in [1.807, 2.05) is 36.1 Å². The molecule has 32 heavy (non-hydrogen) atoms. The molecule has 1 aliphatic heterocycles. The second kappa shape index (κ2) is 9.23. The van der Waals surface area contributed by atoms with Crippen molar-refractivity contribution in [3.63, 3.8) is 0 Å². The maximum Gasteiger partial charge on any atom is 0.417 e. The van der Waals surface area contributed by atoms with Crippen LogP contribution < -0.4 is 4.90 Å². The maximum atomic E-state index is 13.2.